The Morgan fingerprint density at radius 3 is 2.35 bits per heavy atom. The van der Waals surface area contributed by atoms with Crippen LogP contribution in [0.1, 0.15) is 48.2 Å². The van der Waals surface area contributed by atoms with Gasteiger partial charge in [0.1, 0.15) is 5.75 Å². The van der Waals surface area contributed by atoms with Crippen LogP contribution in [-0.2, 0) is 32.1 Å². The smallest absolute Gasteiger partial charge is 0.235 e. The van der Waals surface area contributed by atoms with Crippen LogP contribution in [0.3, 0.4) is 0 Å². The fourth-order valence-corrected chi connectivity index (χ4v) is 6.85. The van der Waals surface area contributed by atoms with Crippen molar-refractivity contribution in [2.45, 2.75) is 51.3 Å². The number of rotatable bonds is 8. The lowest BCUT2D eigenvalue weighted by Crippen LogP contribution is -2.74. The normalized spacial score (nSPS) is 29.9. The summed E-state index contributed by atoms with van der Waals surface area (Å²) in [6.07, 6.45) is 1.18. The van der Waals surface area contributed by atoms with E-state index in [1.807, 2.05) is 25.1 Å². The summed E-state index contributed by atoms with van der Waals surface area (Å²) < 4.78 is 0. The minimum Gasteiger partial charge on any atom is -0.507 e. The number of ketones is 4. The molecular weight excluding hydrogens is 516 g/mol. The molecule has 11 heteroatoms. The first-order valence-corrected chi connectivity index (χ1v) is 13.7. The lowest BCUT2D eigenvalue weighted by atomic mass is 9.52. The molecule has 1 aromatic carbocycles. The highest BCUT2D eigenvalue weighted by atomic mass is 16.3. The molecule has 0 aromatic heterocycles. The number of phenols is 1. The van der Waals surface area contributed by atoms with Crippen molar-refractivity contribution in [1.29, 1.82) is 0 Å². The molecule has 1 aromatic rings. The van der Waals surface area contributed by atoms with Gasteiger partial charge in [0.15, 0.2) is 34.7 Å². The Balaban J connectivity index is 1.80. The Kier molecular flexibility index (Phi) is 7.96. The summed E-state index contributed by atoms with van der Waals surface area (Å²) in [6, 6.07) is 0.710. The molecule has 3 aliphatic rings. The lowest BCUT2D eigenvalue weighted by molar-refractivity contribution is -0.181. The maximum Gasteiger partial charge on any atom is 0.235 e. The van der Waals surface area contributed by atoms with Gasteiger partial charge >= 0.3 is 0 Å². The number of primary amides is 1. The number of hydrogen-bond donors (Lipinski definition) is 4. The van der Waals surface area contributed by atoms with Gasteiger partial charge in [-0.3, -0.25) is 28.9 Å². The Morgan fingerprint density at radius 2 is 1.80 bits per heavy atom. The molecule has 4 rings (SSSR count). The molecule has 2 saturated carbocycles. The van der Waals surface area contributed by atoms with E-state index in [9.17, 15) is 34.2 Å². The third kappa shape index (κ3) is 4.53. The number of anilines is 1. The van der Waals surface area contributed by atoms with Crippen molar-refractivity contribution >= 4 is 34.7 Å². The van der Waals surface area contributed by atoms with Gasteiger partial charge in [0.05, 0.1) is 17.5 Å². The number of phenolic OH excluding ortho intramolecular Hbond substituents is 1. The second kappa shape index (κ2) is 10.7. The maximum absolute atomic E-state index is 14.0. The summed E-state index contributed by atoms with van der Waals surface area (Å²) in [4.78, 5) is 70.1. The topological polar surface area (TPSA) is 170 Å². The zero-order valence-corrected chi connectivity index (χ0v) is 24.0. The summed E-state index contributed by atoms with van der Waals surface area (Å²) in [5.74, 6) is -9.87. The number of Topliss-reactive ketones (excluding diaryl/α,β-unsaturated/α-hetero) is 4. The van der Waals surface area contributed by atoms with E-state index in [1.165, 1.54) is 4.90 Å². The summed E-state index contributed by atoms with van der Waals surface area (Å²) in [5.41, 5.74) is 4.47. The molecule has 218 valence electrons. The highest BCUT2D eigenvalue weighted by Gasteiger charge is 2.69. The van der Waals surface area contributed by atoms with Crippen molar-refractivity contribution in [2.24, 2.45) is 35.3 Å². The van der Waals surface area contributed by atoms with E-state index in [1.54, 1.807) is 14.1 Å². The second-order valence-corrected chi connectivity index (χ2v) is 12.3. The minimum atomic E-state index is -2.73. The molecule has 11 nitrogen and oxygen atoms in total. The molecule has 6 atom stereocenters. The van der Waals surface area contributed by atoms with Crippen LogP contribution in [0, 0.1) is 29.6 Å². The number of nitrogens with one attached hydrogen (secondary N) is 1. The second-order valence-electron chi connectivity index (χ2n) is 12.3. The van der Waals surface area contributed by atoms with Gasteiger partial charge in [-0.25, -0.2) is 0 Å². The van der Waals surface area contributed by atoms with Crippen LogP contribution in [-0.4, -0.2) is 90.5 Å². The van der Waals surface area contributed by atoms with E-state index in [-0.39, 0.29) is 24.2 Å². The summed E-state index contributed by atoms with van der Waals surface area (Å²) in [6.45, 7) is 5.23. The molecule has 5 N–H and O–H groups in total. The van der Waals surface area contributed by atoms with Crippen molar-refractivity contribution < 1.29 is 34.2 Å². The first-order valence-electron chi connectivity index (χ1n) is 13.7. The van der Waals surface area contributed by atoms with Gasteiger partial charge in [-0.2, -0.15) is 0 Å². The van der Waals surface area contributed by atoms with Gasteiger partial charge in [-0.1, -0.05) is 13.8 Å². The predicted octanol–water partition coefficient (Wildman–Crippen LogP) is 0.0687. The van der Waals surface area contributed by atoms with Crippen LogP contribution in [0.15, 0.2) is 6.07 Å². The van der Waals surface area contributed by atoms with E-state index >= 15 is 0 Å². The van der Waals surface area contributed by atoms with E-state index in [2.05, 4.69) is 19.2 Å². The number of hydrogen-bond acceptors (Lipinski definition) is 10. The van der Waals surface area contributed by atoms with Crippen LogP contribution in [0.25, 0.3) is 0 Å². The van der Waals surface area contributed by atoms with Gasteiger partial charge < -0.3 is 26.2 Å². The van der Waals surface area contributed by atoms with Crippen molar-refractivity contribution in [1.82, 2.24) is 10.2 Å². The average molecular weight is 557 g/mol. The van der Waals surface area contributed by atoms with Crippen molar-refractivity contribution in [3.8, 4) is 5.75 Å². The van der Waals surface area contributed by atoms with Crippen molar-refractivity contribution in [3.63, 3.8) is 0 Å². The summed E-state index contributed by atoms with van der Waals surface area (Å²) >= 11 is 0. The quantitative estimate of drug-likeness (QED) is 0.254. The molecule has 0 bridgehead atoms. The Hall–Kier alpha value is -3.15. The lowest BCUT2D eigenvalue weighted by Gasteiger charge is -2.52. The monoisotopic (exact) mass is 556 g/mol. The fraction of sp³-hybridized carbons (Fsp3) is 0.621. The average Bonchev–Trinajstić information content (AvgIpc) is 2.84. The maximum atomic E-state index is 14.0. The molecule has 2 fully saturated rings. The van der Waals surface area contributed by atoms with Crippen LogP contribution >= 0.6 is 0 Å². The van der Waals surface area contributed by atoms with Crippen LogP contribution in [0.5, 0.6) is 5.75 Å². The molecule has 0 spiro atoms. The third-order valence-corrected chi connectivity index (χ3v) is 8.81. The van der Waals surface area contributed by atoms with Crippen LogP contribution < -0.4 is 16.0 Å². The first kappa shape index (κ1) is 29.8. The molecular formula is C29H40N4O7. The largest absolute Gasteiger partial charge is 0.507 e. The zero-order valence-electron chi connectivity index (χ0n) is 24.0. The van der Waals surface area contributed by atoms with Gasteiger partial charge in [0.25, 0.3) is 0 Å². The van der Waals surface area contributed by atoms with E-state index in [0.717, 1.165) is 12.1 Å². The fourth-order valence-electron chi connectivity index (χ4n) is 6.85. The highest BCUT2D eigenvalue weighted by Crippen LogP contribution is 2.52. The van der Waals surface area contributed by atoms with E-state index in [0.29, 0.717) is 30.1 Å². The molecule has 0 aliphatic heterocycles. The van der Waals surface area contributed by atoms with Gasteiger partial charge in [0, 0.05) is 37.8 Å². The SMILES string of the molecule is CC(C)CCNCc1cc(N(C)C)c2c(c1O)C(=O)C1C(=O)[C@]3(O)C(=O)C(C(N)=O)C(=O)[C@@H](N(C)C)[C@@H]3C[C@@H]1C2. The number of aromatic hydroxyl groups is 1. The number of fused-ring (bicyclic) bond motifs is 3. The summed E-state index contributed by atoms with van der Waals surface area (Å²) in [5, 5.41) is 26.3. The van der Waals surface area contributed by atoms with Gasteiger partial charge in [0.2, 0.25) is 5.91 Å². The molecule has 40 heavy (non-hydrogen) atoms. The molecule has 1 amide bonds. The zero-order chi connectivity index (χ0) is 29.8. The molecule has 0 saturated heterocycles. The molecule has 0 heterocycles. The predicted molar refractivity (Wildman–Crippen MR) is 147 cm³/mol. The number of aliphatic hydroxyl groups is 1. The highest BCUT2D eigenvalue weighted by molar-refractivity contribution is 6.32. The third-order valence-electron chi connectivity index (χ3n) is 8.81. The van der Waals surface area contributed by atoms with Gasteiger partial charge in [-0.05, 0) is 63.4 Å². The van der Waals surface area contributed by atoms with Crippen LogP contribution in [0.2, 0.25) is 0 Å². The number of likely N-dealkylation sites (N-methyl/N-ethyl adjacent to an activating group) is 1. The van der Waals surface area contributed by atoms with E-state index < -0.39 is 64.4 Å². The summed E-state index contributed by atoms with van der Waals surface area (Å²) in [7, 11) is 6.78. The van der Waals surface area contributed by atoms with Gasteiger partial charge in [-0.15, -0.1) is 0 Å². The minimum absolute atomic E-state index is 0.0125. The molecule has 2 unspecified atom stereocenters. The number of benzene rings is 1. The number of amides is 1. The number of nitrogens with two attached hydrogens (primary N) is 1. The first-order chi connectivity index (χ1) is 18.6. The number of carbonyl (C=O) groups excluding carboxylic acids is 5. The van der Waals surface area contributed by atoms with Crippen LogP contribution in [0.4, 0.5) is 5.69 Å². The van der Waals surface area contributed by atoms with Crippen molar-refractivity contribution in [3.05, 3.63) is 22.8 Å². The van der Waals surface area contributed by atoms with E-state index in [4.69, 9.17) is 5.73 Å². The number of nitrogens with zero attached hydrogens (tertiary/aromatic N) is 2. The molecule has 0 radical (unpaired) electrons. The van der Waals surface area contributed by atoms with Crippen molar-refractivity contribution in [2.75, 3.05) is 39.6 Å². The Bertz CT molecular complexity index is 1270. The standard InChI is InChI=1S/C29H40N4O7/c1-13(2)7-8-31-12-15-11-18(32(3)4)16-9-14-10-17-22(33(5)6)25(36)21(28(30)39)27(38)29(17,40)26(37)19(14)24(35)20(16)23(15)34/h11,13-14,17,19,21-22,31,34,40H,7-10,12H2,1-6H3,(H2,30,39)/t14-,17-,19?,21?,22-,29-/m0/s1. The Labute approximate surface area is 234 Å². The molecule has 3 aliphatic carbocycles. The number of carbonyl (C=O) groups is 5. The Morgan fingerprint density at radius 1 is 1.15 bits per heavy atom.